The van der Waals surface area contributed by atoms with Gasteiger partial charge in [0.1, 0.15) is 5.82 Å². The molecule has 6 nitrogen and oxygen atoms in total. The summed E-state index contributed by atoms with van der Waals surface area (Å²) in [6.45, 7) is 3.54. The fourth-order valence-corrected chi connectivity index (χ4v) is 3.20. The van der Waals surface area contributed by atoms with Gasteiger partial charge < -0.3 is 0 Å². The zero-order valence-electron chi connectivity index (χ0n) is 11.8. The Morgan fingerprint density at radius 1 is 1.18 bits per heavy atom. The van der Waals surface area contributed by atoms with E-state index >= 15 is 0 Å². The number of rotatable bonds is 4. The second-order valence-electron chi connectivity index (χ2n) is 4.72. The van der Waals surface area contributed by atoms with E-state index in [1.54, 1.807) is 19.1 Å². The third kappa shape index (κ3) is 3.06. The second kappa shape index (κ2) is 5.72. The van der Waals surface area contributed by atoms with E-state index in [9.17, 15) is 22.9 Å². The van der Waals surface area contributed by atoms with Crippen LogP contribution in [0.15, 0.2) is 41.3 Å². The van der Waals surface area contributed by atoms with E-state index in [-0.39, 0.29) is 0 Å². The summed E-state index contributed by atoms with van der Waals surface area (Å²) in [5.41, 5.74) is 1.08. The predicted molar refractivity (Wildman–Crippen MR) is 79.8 cm³/mol. The third-order valence-electron chi connectivity index (χ3n) is 3.26. The fourth-order valence-electron chi connectivity index (χ4n) is 1.92. The van der Waals surface area contributed by atoms with Gasteiger partial charge in [0, 0.05) is 0 Å². The van der Waals surface area contributed by atoms with Crippen LogP contribution in [0, 0.1) is 29.8 Å². The Morgan fingerprint density at radius 3 is 2.50 bits per heavy atom. The fraction of sp³-hybridized carbons (Fsp3) is 0.143. The maximum absolute atomic E-state index is 13.1. The van der Waals surface area contributed by atoms with Crippen LogP contribution in [0.5, 0.6) is 0 Å². The highest BCUT2D eigenvalue weighted by molar-refractivity contribution is 7.92. The number of nitrogens with one attached hydrogen (secondary N) is 1. The highest BCUT2D eigenvalue weighted by atomic mass is 32.2. The van der Waals surface area contributed by atoms with Crippen LogP contribution in [0.1, 0.15) is 11.1 Å². The lowest BCUT2D eigenvalue weighted by Crippen LogP contribution is -2.15. The number of nitro benzene ring substituents is 1. The van der Waals surface area contributed by atoms with Crippen LogP contribution in [0.25, 0.3) is 0 Å². The van der Waals surface area contributed by atoms with Gasteiger partial charge in [0.05, 0.1) is 16.7 Å². The summed E-state index contributed by atoms with van der Waals surface area (Å²) in [7, 11) is -4.20. The Bertz CT molecular complexity index is 850. The lowest BCUT2D eigenvalue weighted by molar-refractivity contribution is -0.388. The number of nitrogens with zero attached hydrogens (tertiary/aromatic N) is 1. The number of sulfonamides is 1. The molecule has 0 amide bonds. The quantitative estimate of drug-likeness (QED) is 0.691. The summed E-state index contributed by atoms with van der Waals surface area (Å²) < 4.78 is 40.2. The van der Waals surface area contributed by atoms with Gasteiger partial charge in [-0.15, -0.1) is 0 Å². The van der Waals surface area contributed by atoms with Crippen molar-refractivity contribution in [3.8, 4) is 0 Å². The van der Waals surface area contributed by atoms with Crippen molar-refractivity contribution in [2.45, 2.75) is 18.7 Å². The average Bonchev–Trinajstić information content (AvgIpc) is 2.43. The minimum absolute atomic E-state index is 0.318. The van der Waals surface area contributed by atoms with Crippen molar-refractivity contribution in [1.29, 1.82) is 0 Å². The highest BCUT2D eigenvalue weighted by Gasteiger charge is 2.26. The van der Waals surface area contributed by atoms with Crippen LogP contribution < -0.4 is 4.72 Å². The van der Waals surface area contributed by atoms with Gasteiger partial charge in [0.2, 0.25) is 0 Å². The summed E-state index contributed by atoms with van der Waals surface area (Å²) in [5.74, 6) is -0.877. The Morgan fingerprint density at radius 2 is 1.86 bits per heavy atom. The Labute approximate surface area is 126 Å². The van der Waals surface area contributed by atoms with Gasteiger partial charge in [-0.2, -0.15) is 0 Å². The number of hydrogen-bond donors (Lipinski definition) is 1. The maximum atomic E-state index is 13.1. The zero-order valence-corrected chi connectivity index (χ0v) is 12.6. The van der Waals surface area contributed by atoms with Crippen LogP contribution in [-0.2, 0) is 10.0 Å². The maximum Gasteiger partial charge on any atom is 0.292 e. The van der Waals surface area contributed by atoms with E-state index < -0.39 is 31.3 Å². The number of aryl methyl sites for hydroxylation is 1. The van der Waals surface area contributed by atoms with Gasteiger partial charge in [0.15, 0.2) is 4.90 Å². The minimum Gasteiger partial charge on any atom is -0.279 e. The lowest BCUT2D eigenvalue weighted by atomic mass is 10.1. The summed E-state index contributed by atoms with van der Waals surface area (Å²) in [6, 6.07) is 7.35. The number of anilines is 1. The van der Waals surface area contributed by atoms with E-state index in [0.29, 0.717) is 17.3 Å². The average molecular weight is 324 g/mol. The van der Waals surface area contributed by atoms with Gasteiger partial charge >= 0.3 is 0 Å². The highest BCUT2D eigenvalue weighted by Crippen LogP contribution is 2.28. The first-order chi connectivity index (χ1) is 10.2. The van der Waals surface area contributed by atoms with Gasteiger partial charge in [-0.3, -0.25) is 14.8 Å². The Balaban J connectivity index is 2.52. The first-order valence-electron chi connectivity index (χ1n) is 6.25. The Kier molecular flexibility index (Phi) is 4.14. The molecule has 0 radical (unpaired) electrons. The molecule has 0 aliphatic heterocycles. The molecule has 0 unspecified atom stereocenters. The number of nitro groups is 1. The van der Waals surface area contributed by atoms with Crippen molar-refractivity contribution in [3.05, 3.63) is 63.5 Å². The van der Waals surface area contributed by atoms with Crippen LogP contribution in [0.3, 0.4) is 0 Å². The van der Waals surface area contributed by atoms with Gasteiger partial charge in [-0.1, -0.05) is 12.1 Å². The molecule has 2 aromatic carbocycles. The first kappa shape index (κ1) is 15.9. The van der Waals surface area contributed by atoms with Crippen molar-refractivity contribution >= 4 is 21.4 Å². The van der Waals surface area contributed by atoms with E-state index in [1.807, 2.05) is 13.0 Å². The molecule has 0 saturated heterocycles. The van der Waals surface area contributed by atoms with Crippen LogP contribution in [0.4, 0.5) is 15.8 Å². The van der Waals surface area contributed by atoms with Crippen molar-refractivity contribution in [3.63, 3.8) is 0 Å². The molecule has 0 spiro atoms. The van der Waals surface area contributed by atoms with Crippen molar-refractivity contribution in [2.24, 2.45) is 0 Å². The van der Waals surface area contributed by atoms with E-state index in [0.717, 1.165) is 17.7 Å². The minimum atomic E-state index is -4.20. The van der Waals surface area contributed by atoms with Crippen LogP contribution >= 0.6 is 0 Å². The molecule has 0 aliphatic rings. The van der Waals surface area contributed by atoms with E-state index in [4.69, 9.17) is 0 Å². The zero-order chi connectivity index (χ0) is 16.5. The summed E-state index contributed by atoms with van der Waals surface area (Å²) >= 11 is 0. The summed E-state index contributed by atoms with van der Waals surface area (Å²) in [5, 5.41) is 10.9. The third-order valence-corrected chi connectivity index (χ3v) is 4.67. The molecule has 2 aromatic rings. The van der Waals surface area contributed by atoms with Gasteiger partial charge in [-0.25, -0.2) is 12.8 Å². The van der Waals surface area contributed by atoms with Crippen molar-refractivity contribution in [1.82, 2.24) is 0 Å². The summed E-state index contributed by atoms with van der Waals surface area (Å²) in [6.07, 6.45) is 0. The normalized spacial score (nSPS) is 11.2. The number of benzene rings is 2. The number of halogens is 1. The first-order valence-corrected chi connectivity index (χ1v) is 7.73. The predicted octanol–water partition coefficient (Wildman–Crippen LogP) is 3.15. The standard InChI is InChI=1S/C14H13FN2O4S/c1-9-4-3-5-12(10(9)2)16-22(20,21)14-7-6-11(15)8-13(14)17(18)19/h3-8,16H,1-2H3. The number of hydrogen-bond acceptors (Lipinski definition) is 4. The second-order valence-corrected chi connectivity index (χ2v) is 6.37. The van der Waals surface area contributed by atoms with Crippen molar-refractivity contribution < 1.29 is 17.7 Å². The molecule has 0 fully saturated rings. The molecule has 116 valence electrons. The van der Waals surface area contributed by atoms with Crippen molar-refractivity contribution in [2.75, 3.05) is 4.72 Å². The Hall–Kier alpha value is -2.48. The monoisotopic (exact) mass is 324 g/mol. The summed E-state index contributed by atoms with van der Waals surface area (Å²) in [4.78, 5) is 9.43. The molecule has 1 N–H and O–H groups in total. The van der Waals surface area contributed by atoms with Crippen LogP contribution in [-0.4, -0.2) is 13.3 Å². The van der Waals surface area contributed by atoms with E-state index in [2.05, 4.69) is 4.72 Å². The molecular formula is C14H13FN2O4S. The molecule has 2 rings (SSSR count). The smallest absolute Gasteiger partial charge is 0.279 e. The molecule has 0 heterocycles. The van der Waals surface area contributed by atoms with Gasteiger partial charge in [-0.05, 0) is 43.2 Å². The molecular weight excluding hydrogens is 311 g/mol. The molecule has 0 aromatic heterocycles. The molecule has 0 aliphatic carbocycles. The molecule has 0 bridgehead atoms. The lowest BCUT2D eigenvalue weighted by Gasteiger charge is -2.12. The molecule has 8 heteroatoms. The SMILES string of the molecule is Cc1cccc(NS(=O)(=O)c2ccc(F)cc2[N+](=O)[O-])c1C. The largest absolute Gasteiger partial charge is 0.292 e. The van der Waals surface area contributed by atoms with Crippen LogP contribution in [0.2, 0.25) is 0 Å². The molecule has 0 atom stereocenters. The molecule has 0 saturated carbocycles. The van der Waals surface area contributed by atoms with Gasteiger partial charge in [0.25, 0.3) is 15.7 Å². The molecule has 22 heavy (non-hydrogen) atoms. The van der Waals surface area contributed by atoms with E-state index in [1.165, 1.54) is 0 Å². The topological polar surface area (TPSA) is 89.3 Å².